The minimum Gasteiger partial charge on any atom is -0.372 e. The van der Waals surface area contributed by atoms with Crippen molar-refractivity contribution in [3.8, 4) is 6.07 Å². The second kappa shape index (κ2) is 5.55. The Morgan fingerprint density at radius 3 is 2.38 bits per heavy atom. The maximum atomic E-state index is 8.89. The van der Waals surface area contributed by atoms with E-state index in [1.54, 1.807) is 0 Å². The van der Waals surface area contributed by atoms with Crippen LogP contribution >= 0.6 is 0 Å². The van der Waals surface area contributed by atoms with Crippen LogP contribution in [0.4, 0.5) is 5.69 Å². The lowest BCUT2D eigenvalue weighted by molar-refractivity contribution is 0.591. The molecule has 0 spiro atoms. The lowest BCUT2D eigenvalue weighted by Crippen LogP contribution is -2.30. The summed E-state index contributed by atoms with van der Waals surface area (Å²) in [4.78, 5) is 2.30. The number of benzene rings is 1. The average molecular weight is 216 g/mol. The van der Waals surface area contributed by atoms with Gasteiger partial charge in [-0.05, 0) is 43.5 Å². The largest absolute Gasteiger partial charge is 0.372 e. The second-order valence-corrected chi connectivity index (χ2v) is 4.19. The monoisotopic (exact) mass is 216 g/mol. The van der Waals surface area contributed by atoms with Crippen LogP contribution in [-0.4, -0.2) is 13.1 Å². The molecule has 0 aromatic heterocycles. The number of anilines is 1. The van der Waals surface area contributed by atoms with Crippen LogP contribution in [0, 0.1) is 18.3 Å². The van der Waals surface area contributed by atoms with Crippen LogP contribution in [0.1, 0.15) is 37.8 Å². The number of hydrogen-bond acceptors (Lipinski definition) is 2. The minimum atomic E-state index is 0.576. The van der Waals surface area contributed by atoms with E-state index in [4.69, 9.17) is 5.26 Å². The van der Waals surface area contributed by atoms with Crippen LogP contribution in [0.15, 0.2) is 18.2 Å². The van der Waals surface area contributed by atoms with E-state index in [1.165, 1.54) is 5.69 Å². The Morgan fingerprint density at radius 2 is 1.94 bits per heavy atom. The van der Waals surface area contributed by atoms with Crippen molar-refractivity contribution < 1.29 is 0 Å². The summed E-state index contributed by atoms with van der Waals surface area (Å²) in [5.41, 5.74) is 3.02. The van der Waals surface area contributed by atoms with Crippen molar-refractivity contribution in [2.24, 2.45) is 0 Å². The van der Waals surface area contributed by atoms with Gasteiger partial charge in [0.2, 0.25) is 0 Å². The van der Waals surface area contributed by atoms with Crippen molar-refractivity contribution >= 4 is 5.69 Å². The fraction of sp³-hybridized carbons (Fsp3) is 0.500. The summed E-state index contributed by atoms with van der Waals surface area (Å²) in [5, 5.41) is 8.89. The van der Waals surface area contributed by atoms with Gasteiger partial charge in [0, 0.05) is 18.8 Å². The lowest BCUT2D eigenvalue weighted by atomic mass is 10.1. The van der Waals surface area contributed by atoms with E-state index in [1.807, 2.05) is 19.1 Å². The molecule has 0 radical (unpaired) electrons. The van der Waals surface area contributed by atoms with Crippen LogP contribution in [0.5, 0.6) is 0 Å². The molecule has 16 heavy (non-hydrogen) atoms. The number of nitrogens with zero attached hydrogens (tertiary/aromatic N) is 2. The molecule has 0 N–H and O–H groups in total. The molecule has 1 aromatic rings. The van der Waals surface area contributed by atoms with Gasteiger partial charge in [-0.2, -0.15) is 5.26 Å². The van der Waals surface area contributed by atoms with Gasteiger partial charge in [-0.15, -0.1) is 0 Å². The predicted octanol–water partition coefficient (Wildman–Crippen LogP) is 3.49. The van der Waals surface area contributed by atoms with Crippen molar-refractivity contribution in [2.45, 2.75) is 39.7 Å². The van der Waals surface area contributed by atoms with E-state index in [0.29, 0.717) is 6.04 Å². The zero-order valence-electron chi connectivity index (χ0n) is 10.6. The highest BCUT2D eigenvalue weighted by molar-refractivity contribution is 5.53. The first-order valence-corrected chi connectivity index (χ1v) is 5.87. The molecule has 86 valence electrons. The van der Waals surface area contributed by atoms with E-state index >= 15 is 0 Å². The van der Waals surface area contributed by atoms with Crippen LogP contribution < -0.4 is 4.90 Å². The quantitative estimate of drug-likeness (QED) is 0.770. The van der Waals surface area contributed by atoms with Gasteiger partial charge >= 0.3 is 0 Å². The van der Waals surface area contributed by atoms with Gasteiger partial charge in [-0.3, -0.25) is 0 Å². The van der Waals surface area contributed by atoms with Gasteiger partial charge in [-0.25, -0.2) is 0 Å². The summed E-state index contributed by atoms with van der Waals surface area (Å²) in [7, 11) is 2.12. The minimum absolute atomic E-state index is 0.576. The SMILES string of the molecule is CCC(CC)N(C)c1ccc(C#N)c(C)c1. The molecule has 0 saturated carbocycles. The van der Waals surface area contributed by atoms with Gasteiger partial charge < -0.3 is 4.90 Å². The maximum absolute atomic E-state index is 8.89. The Morgan fingerprint density at radius 1 is 1.31 bits per heavy atom. The normalized spacial score (nSPS) is 10.2. The fourth-order valence-electron chi connectivity index (χ4n) is 2.04. The van der Waals surface area contributed by atoms with Crippen LogP contribution in [-0.2, 0) is 0 Å². The molecule has 0 heterocycles. The van der Waals surface area contributed by atoms with E-state index in [9.17, 15) is 0 Å². The van der Waals surface area contributed by atoms with Gasteiger partial charge in [0.05, 0.1) is 11.6 Å². The highest BCUT2D eigenvalue weighted by Crippen LogP contribution is 2.21. The zero-order chi connectivity index (χ0) is 12.1. The second-order valence-electron chi connectivity index (χ2n) is 4.19. The average Bonchev–Trinajstić information content (AvgIpc) is 2.30. The number of aryl methyl sites for hydroxylation is 1. The molecule has 0 amide bonds. The molecule has 2 heteroatoms. The molecule has 1 rings (SSSR count). The van der Waals surface area contributed by atoms with E-state index < -0.39 is 0 Å². The molecule has 0 aliphatic rings. The van der Waals surface area contributed by atoms with Crippen molar-refractivity contribution in [1.82, 2.24) is 0 Å². The standard InChI is InChI=1S/C14H20N2/c1-5-13(6-2)16(4)14-8-7-12(10-15)11(3)9-14/h7-9,13H,5-6H2,1-4H3. The number of hydrogen-bond donors (Lipinski definition) is 0. The third kappa shape index (κ3) is 2.55. The summed E-state index contributed by atoms with van der Waals surface area (Å²) in [5.74, 6) is 0. The predicted molar refractivity (Wildman–Crippen MR) is 68.7 cm³/mol. The third-order valence-electron chi connectivity index (χ3n) is 3.23. The maximum Gasteiger partial charge on any atom is 0.0994 e. The third-order valence-corrected chi connectivity index (χ3v) is 3.23. The van der Waals surface area contributed by atoms with Gasteiger partial charge in [-0.1, -0.05) is 13.8 Å². The zero-order valence-corrected chi connectivity index (χ0v) is 10.6. The Bertz CT molecular complexity index is 386. The first-order chi connectivity index (χ1) is 7.63. The molecule has 0 fully saturated rings. The number of nitriles is 1. The van der Waals surface area contributed by atoms with Gasteiger partial charge in [0.15, 0.2) is 0 Å². The van der Waals surface area contributed by atoms with E-state index in [0.717, 1.165) is 24.0 Å². The first-order valence-electron chi connectivity index (χ1n) is 5.87. The molecule has 0 atom stereocenters. The number of rotatable bonds is 4. The van der Waals surface area contributed by atoms with E-state index in [2.05, 4.69) is 37.9 Å². The van der Waals surface area contributed by atoms with Crippen LogP contribution in [0.2, 0.25) is 0 Å². The molecule has 0 aliphatic carbocycles. The summed E-state index contributed by atoms with van der Waals surface area (Å²) in [6, 6.07) is 8.81. The summed E-state index contributed by atoms with van der Waals surface area (Å²) in [6.07, 6.45) is 2.29. The first kappa shape index (κ1) is 12.6. The summed E-state index contributed by atoms with van der Waals surface area (Å²) >= 11 is 0. The molecule has 1 aromatic carbocycles. The van der Waals surface area contributed by atoms with Crippen molar-refractivity contribution in [3.05, 3.63) is 29.3 Å². The molecule has 0 saturated heterocycles. The van der Waals surface area contributed by atoms with E-state index in [-0.39, 0.29) is 0 Å². The fourth-order valence-corrected chi connectivity index (χ4v) is 2.04. The Labute approximate surface area is 98.5 Å². The highest BCUT2D eigenvalue weighted by atomic mass is 15.1. The molecule has 0 aliphatic heterocycles. The van der Waals surface area contributed by atoms with Crippen molar-refractivity contribution in [1.29, 1.82) is 5.26 Å². The van der Waals surface area contributed by atoms with Gasteiger partial charge in [0.1, 0.15) is 0 Å². The summed E-state index contributed by atoms with van der Waals surface area (Å²) in [6.45, 7) is 6.41. The van der Waals surface area contributed by atoms with Gasteiger partial charge in [0.25, 0.3) is 0 Å². The van der Waals surface area contributed by atoms with Crippen LogP contribution in [0.3, 0.4) is 0 Å². The molecular formula is C14H20N2. The summed E-state index contributed by atoms with van der Waals surface area (Å²) < 4.78 is 0. The Hall–Kier alpha value is -1.49. The topological polar surface area (TPSA) is 27.0 Å². The molecule has 0 unspecified atom stereocenters. The van der Waals surface area contributed by atoms with Crippen molar-refractivity contribution in [2.75, 3.05) is 11.9 Å². The Kier molecular flexibility index (Phi) is 4.37. The smallest absolute Gasteiger partial charge is 0.0994 e. The van der Waals surface area contributed by atoms with Crippen LogP contribution in [0.25, 0.3) is 0 Å². The highest BCUT2D eigenvalue weighted by Gasteiger charge is 2.11. The molecular weight excluding hydrogens is 196 g/mol. The van der Waals surface area contributed by atoms with Crippen molar-refractivity contribution in [3.63, 3.8) is 0 Å². The Balaban J connectivity index is 2.97. The molecule has 0 bridgehead atoms. The lowest BCUT2D eigenvalue weighted by Gasteiger charge is -2.28. The molecule has 2 nitrogen and oxygen atoms in total.